The molecule has 1 aliphatic rings. The number of fused-ring (bicyclic) bond motifs is 3. The Kier molecular flexibility index (Phi) is 2.70. The highest BCUT2D eigenvalue weighted by molar-refractivity contribution is 6.06. The van der Waals surface area contributed by atoms with Crippen molar-refractivity contribution in [2.45, 2.75) is 20.0 Å². The number of furan rings is 1. The third-order valence-electron chi connectivity index (χ3n) is 4.48. The summed E-state index contributed by atoms with van der Waals surface area (Å²) in [7, 11) is 2.06. The average molecular weight is 296 g/mol. The smallest absolute Gasteiger partial charge is 0.138 e. The molecule has 0 spiro atoms. The molecule has 22 heavy (non-hydrogen) atoms. The van der Waals surface area contributed by atoms with Crippen LogP contribution in [-0.2, 0) is 0 Å². The molecule has 0 fully saturated rings. The first-order valence-corrected chi connectivity index (χ1v) is 7.35. The molecule has 1 aromatic heterocycles. The Bertz CT molecular complexity index is 912. The molecule has 0 saturated heterocycles. The Morgan fingerprint density at radius 3 is 2.55 bits per heavy atom. The van der Waals surface area contributed by atoms with Gasteiger partial charge in [-0.25, -0.2) is 4.39 Å². The lowest BCUT2D eigenvalue weighted by atomic mass is 10.1. The van der Waals surface area contributed by atoms with E-state index in [1.165, 1.54) is 12.1 Å². The van der Waals surface area contributed by atoms with Crippen molar-refractivity contribution in [3.63, 3.8) is 0 Å². The van der Waals surface area contributed by atoms with Crippen LogP contribution in [0.25, 0.3) is 21.9 Å². The Morgan fingerprint density at radius 1 is 1.05 bits per heavy atom. The van der Waals surface area contributed by atoms with Crippen LogP contribution in [0.15, 0.2) is 47.1 Å². The summed E-state index contributed by atoms with van der Waals surface area (Å²) in [5.41, 5.74) is 3.67. The Hall–Kier alpha value is -2.49. The lowest BCUT2D eigenvalue weighted by Crippen LogP contribution is -2.33. The van der Waals surface area contributed by atoms with Crippen LogP contribution in [0.3, 0.4) is 0 Å². The number of nitrogens with zero attached hydrogens (tertiary/aromatic N) is 2. The van der Waals surface area contributed by atoms with E-state index < -0.39 is 0 Å². The van der Waals surface area contributed by atoms with E-state index in [2.05, 4.69) is 49.2 Å². The fourth-order valence-electron chi connectivity index (χ4n) is 3.07. The maximum absolute atomic E-state index is 13.4. The summed E-state index contributed by atoms with van der Waals surface area (Å²) in [5, 5.41) is 1.97. The molecule has 112 valence electrons. The van der Waals surface area contributed by atoms with Crippen molar-refractivity contribution in [2.75, 3.05) is 11.9 Å². The number of anilines is 1. The minimum Gasteiger partial charge on any atom is -0.456 e. The first-order chi connectivity index (χ1) is 10.5. The summed E-state index contributed by atoms with van der Waals surface area (Å²) in [5.74, 6) is -0.277. The second-order valence-corrected chi connectivity index (χ2v) is 5.88. The minimum atomic E-state index is -0.277. The van der Waals surface area contributed by atoms with Crippen molar-refractivity contribution in [1.82, 2.24) is 4.90 Å². The van der Waals surface area contributed by atoms with Gasteiger partial charge < -0.3 is 14.2 Å². The maximum Gasteiger partial charge on any atom is 0.138 e. The SMILES string of the molecule is Cc1cc2oc3cc(F)ccc3c2cc1N1C=CN(C)[C@@H]1C. The second kappa shape index (κ2) is 4.50. The van der Waals surface area contributed by atoms with Gasteiger partial charge in [-0.1, -0.05) is 0 Å². The molecule has 2 aromatic carbocycles. The van der Waals surface area contributed by atoms with Gasteiger partial charge in [0.25, 0.3) is 0 Å². The van der Waals surface area contributed by atoms with E-state index in [1.807, 2.05) is 6.07 Å². The van der Waals surface area contributed by atoms with Crippen molar-refractivity contribution in [2.24, 2.45) is 0 Å². The Balaban J connectivity index is 1.95. The zero-order chi connectivity index (χ0) is 15.4. The first-order valence-electron chi connectivity index (χ1n) is 7.35. The van der Waals surface area contributed by atoms with E-state index in [9.17, 15) is 4.39 Å². The molecule has 0 bridgehead atoms. The zero-order valence-electron chi connectivity index (χ0n) is 12.8. The van der Waals surface area contributed by atoms with Gasteiger partial charge in [-0.2, -0.15) is 0 Å². The zero-order valence-corrected chi connectivity index (χ0v) is 12.8. The molecular formula is C18H17FN2O. The van der Waals surface area contributed by atoms with Gasteiger partial charge in [0, 0.05) is 42.0 Å². The molecule has 0 saturated carbocycles. The number of hydrogen-bond acceptors (Lipinski definition) is 3. The quantitative estimate of drug-likeness (QED) is 0.654. The average Bonchev–Trinajstić information content (AvgIpc) is 2.98. The molecule has 0 amide bonds. The van der Waals surface area contributed by atoms with Gasteiger partial charge in [0.15, 0.2) is 0 Å². The second-order valence-electron chi connectivity index (χ2n) is 5.88. The molecule has 1 aliphatic heterocycles. The fraction of sp³-hybridized carbons (Fsp3) is 0.222. The van der Waals surface area contributed by atoms with Crippen molar-refractivity contribution in [3.8, 4) is 0 Å². The summed E-state index contributed by atoms with van der Waals surface area (Å²) >= 11 is 0. The molecule has 3 aromatic rings. The summed E-state index contributed by atoms with van der Waals surface area (Å²) in [6.07, 6.45) is 4.42. The third-order valence-corrected chi connectivity index (χ3v) is 4.48. The van der Waals surface area contributed by atoms with E-state index >= 15 is 0 Å². The predicted molar refractivity (Wildman–Crippen MR) is 87.3 cm³/mol. The molecule has 4 heteroatoms. The number of aryl methyl sites for hydroxylation is 1. The Labute approximate surface area is 128 Å². The van der Waals surface area contributed by atoms with Crippen LogP contribution in [0.1, 0.15) is 12.5 Å². The fourth-order valence-corrected chi connectivity index (χ4v) is 3.07. The number of rotatable bonds is 1. The van der Waals surface area contributed by atoms with Gasteiger partial charge in [0.2, 0.25) is 0 Å². The molecule has 1 atom stereocenters. The van der Waals surface area contributed by atoms with Gasteiger partial charge in [-0.15, -0.1) is 0 Å². The van der Waals surface area contributed by atoms with E-state index in [-0.39, 0.29) is 12.0 Å². The van der Waals surface area contributed by atoms with Crippen LogP contribution in [0.5, 0.6) is 0 Å². The van der Waals surface area contributed by atoms with E-state index in [1.54, 1.807) is 6.07 Å². The van der Waals surface area contributed by atoms with Crippen molar-refractivity contribution < 1.29 is 8.81 Å². The lowest BCUT2D eigenvalue weighted by molar-refractivity contribution is 0.383. The molecule has 4 rings (SSSR count). The minimum absolute atomic E-state index is 0.270. The van der Waals surface area contributed by atoms with Gasteiger partial charge in [0.05, 0.1) is 0 Å². The molecule has 3 nitrogen and oxygen atoms in total. The Morgan fingerprint density at radius 2 is 1.82 bits per heavy atom. The van der Waals surface area contributed by atoms with Gasteiger partial charge in [-0.05, 0) is 43.7 Å². The molecule has 0 aliphatic carbocycles. The molecule has 0 radical (unpaired) electrons. The summed E-state index contributed by atoms with van der Waals surface area (Å²) in [6, 6.07) is 8.86. The topological polar surface area (TPSA) is 19.6 Å². The number of halogens is 1. The van der Waals surface area contributed by atoms with Crippen LogP contribution in [-0.4, -0.2) is 18.1 Å². The van der Waals surface area contributed by atoms with Crippen molar-refractivity contribution >= 4 is 27.6 Å². The van der Waals surface area contributed by atoms with Crippen molar-refractivity contribution in [3.05, 3.63) is 54.1 Å². The van der Waals surface area contributed by atoms with E-state index in [0.29, 0.717) is 5.58 Å². The normalized spacial score (nSPS) is 18.1. The van der Waals surface area contributed by atoms with Gasteiger partial charge in [-0.3, -0.25) is 0 Å². The van der Waals surface area contributed by atoms with Crippen molar-refractivity contribution in [1.29, 1.82) is 0 Å². The standard InChI is InChI=1S/C18H17FN2O/c1-11-8-17-15(14-5-4-13(19)9-18(14)22-17)10-16(11)21-7-6-20(3)12(21)2/h4-10,12H,1-3H3/t12-/m0/s1. The molecule has 0 N–H and O–H groups in total. The predicted octanol–water partition coefficient (Wildman–Crippen LogP) is 4.60. The maximum atomic E-state index is 13.4. The monoisotopic (exact) mass is 296 g/mol. The summed E-state index contributed by atoms with van der Waals surface area (Å²) < 4.78 is 19.2. The number of hydrogen-bond donors (Lipinski definition) is 0. The lowest BCUT2D eigenvalue weighted by Gasteiger charge is -2.28. The van der Waals surface area contributed by atoms with Gasteiger partial charge in [0.1, 0.15) is 23.1 Å². The van der Waals surface area contributed by atoms with Crippen LogP contribution in [0.2, 0.25) is 0 Å². The van der Waals surface area contributed by atoms with Crippen LogP contribution >= 0.6 is 0 Å². The highest BCUT2D eigenvalue weighted by atomic mass is 19.1. The van der Waals surface area contributed by atoms with Gasteiger partial charge >= 0.3 is 0 Å². The highest BCUT2D eigenvalue weighted by Crippen LogP contribution is 2.36. The molecular weight excluding hydrogens is 279 g/mol. The summed E-state index contributed by atoms with van der Waals surface area (Å²) in [6.45, 7) is 4.23. The van der Waals surface area contributed by atoms with Crippen LogP contribution in [0, 0.1) is 12.7 Å². The van der Waals surface area contributed by atoms with E-state index in [4.69, 9.17) is 4.42 Å². The number of benzene rings is 2. The largest absolute Gasteiger partial charge is 0.456 e. The molecule has 2 heterocycles. The van der Waals surface area contributed by atoms with Crippen LogP contribution < -0.4 is 4.90 Å². The first kappa shape index (κ1) is 13.2. The van der Waals surface area contributed by atoms with Crippen LogP contribution in [0.4, 0.5) is 10.1 Å². The highest BCUT2D eigenvalue weighted by Gasteiger charge is 2.22. The molecule has 0 unspecified atom stereocenters. The summed E-state index contributed by atoms with van der Waals surface area (Å²) in [4.78, 5) is 4.39. The van der Waals surface area contributed by atoms with E-state index in [0.717, 1.165) is 27.6 Å². The third kappa shape index (κ3) is 1.80.